The highest BCUT2D eigenvalue weighted by atomic mass is 127. The molecule has 0 radical (unpaired) electrons. The zero-order valence-corrected chi connectivity index (χ0v) is 16.1. The Morgan fingerprint density at radius 1 is 1.30 bits per heavy atom. The minimum atomic E-state index is 0. The molecule has 2 aromatic rings. The molecule has 0 bridgehead atoms. The third kappa shape index (κ3) is 6.62. The molecule has 3 N–H and O–H groups in total. The summed E-state index contributed by atoms with van der Waals surface area (Å²) in [7, 11) is 0. The average molecular weight is 447 g/mol. The predicted molar refractivity (Wildman–Crippen MR) is 106 cm³/mol. The maximum Gasteiger partial charge on any atom is 0.232 e. The van der Waals surface area contributed by atoms with Crippen LogP contribution in [0, 0.1) is 13.8 Å². The second-order valence-electron chi connectivity index (χ2n) is 4.91. The van der Waals surface area contributed by atoms with Crippen LogP contribution < -0.4 is 15.8 Å². The zero-order valence-electron chi connectivity index (χ0n) is 13.0. The van der Waals surface area contributed by atoms with E-state index in [2.05, 4.69) is 21.4 Å². The summed E-state index contributed by atoms with van der Waals surface area (Å²) in [6.07, 6.45) is 1.63. The molecule has 0 atom stereocenters. The highest BCUT2D eigenvalue weighted by molar-refractivity contribution is 14.0. The van der Waals surface area contributed by atoms with Crippen molar-refractivity contribution >= 4 is 47.2 Å². The first-order chi connectivity index (χ1) is 10.5. The number of nitrogens with zero attached hydrogens (tertiary/aromatic N) is 2. The molecule has 124 valence electrons. The van der Waals surface area contributed by atoms with Gasteiger partial charge in [0.15, 0.2) is 5.96 Å². The molecule has 5 nitrogen and oxygen atoms in total. The van der Waals surface area contributed by atoms with Crippen LogP contribution in [0.25, 0.3) is 0 Å². The fraction of sp³-hybridized carbons (Fsp3) is 0.250. The van der Waals surface area contributed by atoms with Crippen molar-refractivity contribution in [1.29, 1.82) is 0 Å². The smallest absolute Gasteiger partial charge is 0.232 e. The molecule has 0 spiro atoms. The summed E-state index contributed by atoms with van der Waals surface area (Å²) in [4.78, 5) is 8.24. The summed E-state index contributed by atoms with van der Waals surface area (Å²) < 4.78 is 5.44. The third-order valence-corrected chi connectivity index (χ3v) is 3.12. The van der Waals surface area contributed by atoms with Gasteiger partial charge in [-0.15, -0.1) is 24.0 Å². The van der Waals surface area contributed by atoms with Crippen LogP contribution in [0.4, 0.5) is 5.69 Å². The molecule has 0 aliphatic heterocycles. The molecule has 1 heterocycles. The van der Waals surface area contributed by atoms with Crippen LogP contribution >= 0.6 is 35.6 Å². The van der Waals surface area contributed by atoms with Crippen LogP contribution in [-0.2, 0) is 0 Å². The number of halogens is 2. The summed E-state index contributed by atoms with van der Waals surface area (Å²) in [6, 6.07) is 9.60. The van der Waals surface area contributed by atoms with Gasteiger partial charge in [-0.05, 0) is 49.2 Å². The number of hydrogen-bond donors (Lipinski definition) is 2. The third-order valence-electron chi connectivity index (χ3n) is 2.83. The minimum Gasteiger partial charge on any atom is -0.475 e. The van der Waals surface area contributed by atoms with Crippen molar-refractivity contribution in [2.45, 2.75) is 13.8 Å². The normalized spacial score (nSPS) is 10.8. The first-order valence-corrected chi connectivity index (χ1v) is 7.31. The van der Waals surface area contributed by atoms with Crippen LogP contribution in [0.5, 0.6) is 5.88 Å². The van der Waals surface area contributed by atoms with Crippen molar-refractivity contribution in [2.75, 3.05) is 18.5 Å². The molecule has 0 saturated heterocycles. The second kappa shape index (κ2) is 9.57. The van der Waals surface area contributed by atoms with Crippen LogP contribution in [0.3, 0.4) is 0 Å². The van der Waals surface area contributed by atoms with Gasteiger partial charge in [0.05, 0.1) is 6.54 Å². The molecule has 2 rings (SSSR count). The van der Waals surface area contributed by atoms with Gasteiger partial charge < -0.3 is 15.8 Å². The first kappa shape index (κ1) is 19.5. The van der Waals surface area contributed by atoms with Crippen molar-refractivity contribution in [2.24, 2.45) is 10.7 Å². The van der Waals surface area contributed by atoms with Gasteiger partial charge in [0.2, 0.25) is 5.88 Å². The molecule has 0 unspecified atom stereocenters. The number of rotatable bonds is 5. The Morgan fingerprint density at radius 2 is 2.00 bits per heavy atom. The molecule has 1 aromatic carbocycles. The van der Waals surface area contributed by atoms with Crippen molar-refractivity contribution in [3.8, 4) is 5.88 Å². The Kier molecular flexibility index (Phi) is 8.11. The number of aryl methyl sites for hydroxylation is 2. The summed E-state index contributed by atoms with van der Waals surface area (Å²) in [5.74, 6) is 0.751. The van der Waals surface area contributed by atoms with Crippen LogP contribution in [-0.4, -0.2) is 24.1 Å². The fourth-order valence-corrected chi connectivity index (χ4v) is 2.20. The Balaban J connectivity index is 0.00000264. The van der Waals surface area contributed by atoms with Crippen LogP contribution in [0.1, 0.15) is 11.1 Å². The molecule has 0 aliphatic rings. The average Bonchev–Trinajstić information content (AvgIpc) is 2.44. The lowest BCUT2D eigenvalue weighted by Gasteiger charge is -2.08. The number of anilines is 1. The van der Waals surface area contributed by atoms with E-state index in [0.717, 1.165) is 5.69 Å². The molecule has 7 heteroatoms. The van der Waals surface area contributed by atoms with E-state index >= 15 is 0 Å². The Bertz CT molecular complexity index is 659. The number of nitrogens with two attached hydrogens (primary N) is 1. The van der Waals surface area contributed by atoms with E-state index in [9.17, 15) is 0 Å². The monoisotopic (exact) mass is 446 g/mol. The van der Waals surface area contributed by atoms with Crippen molar-refractivity contribution in [3.63, 3.8) is 0 Å². The largest absolute Gasteiger partial charge is 0.475 e. The number of hydrogen-bond acceptors (Lipinski definition) is 3. The lowest BCUT2D eigenvalue weighted by molar-refractivity contribution is 0.316. The maximum absolute atomic E-state index is 5.94. The van der Waals surface area contributed by atoms with E-state index in [4.69, 9.17) is 22.1 Å². The standard InChI is InChI=1S/C16H19ClN4O.HI/c1-11-8-12(2)10-13(9-11)21-16(18)20-6-7-22-15-14(17)4-3-5-19-15;/h3-5,8-10H,6-7H2,1-2H3,(H3,18,20,21);1H. The van der Waals surface area contributed by atoms with E-state index in [-0.39, 0.29) is 24.0 Å². The highest BCUT2D eigenvalue weighted by Crippen LogP contribution is 2.19. The maximum atomic E-state index is 5.94. The summed E-state index contributed by atoms with van der Waals surface area (Å²) in [5.41, 5.74) is 9.12. The van der Waals surface area contributed by atoms with E-state index < -0.39 is 0 Å². The van der Waals surface area contributed by atoms with E-state index in [0.29, 0.717) is 30.0 Å². The lowest BCUT2D eigenvalue weighted by Crippen LogP contribution is -2.23. The van der Waals surface area contributed by atoms with Crippen LogP contribution in [0.2, 0.25) is 5.02 Å². The Hall–Kier alpha value is -1.54. The van der Waals surface area contributed by atoms with Crippen molar-refractivity contribution in [3.05, 3.63) is 52.7 Å². The summed E-state index contributed by atoms with van der Waals surface area (Å²) >= 11 is 5.94. The van der Waals surface area contributed by atoms with E-state index in [1.807, 2.05) is 26.0 Å². The number of benzene rings is 1. The number of aromatic nitrogens is 1. The molecular formula is C16H20ClIN4O. The highest BCUT2D eigenvalue weighted by Gasteiger charge is 2.01. The van der Waals surface area contributed by atoms with Crippen molar-refractivity contribution < 1.29 is 4.74 Å². The van der Waals surface area contributed by atoms with E-state index in [1.165, 1.54) is 11.1 Å². The van der Waals surface area contributed by atoms with Gasteiger partial charge in [-0.2, -0.15) is 0 Å². The number of nitrogens with one attached hydrogen (secondary N) is 1. The second-order valence-corrected chi connectivity index (χ2v) is 5.31. The quantitative estimate of drug-likeness (QED) is 0.317. The van der Waals surface area contributed by atoms with Gasteiger partial charge >= 0.3 is 0 Å². The SMILES string of the molecule is Cc1cc(C)cc(NC(N)=NCCOc2ncccc2Cl)c1.I. The molecule has 0 fully saturated rings. The summed E-state index contributed by atoms with van der Waals surface area (Å²) in [5, 5.41) is 3.54. The van der Waals surface area contributed by atoms with E-state index in [1.54, 1.807) is 18.3 Å². The minimum absolute atomic E-state index is 0. The topological polar surface area (TPSA) is 72.5 Å². The Morgan fingerprint density at radius 3 is 2.65 bits per heavy atom. The van der Waals surface area contributed by atoms with Crippen molar-refractivity contribution in [1.82, 2.24) is 4.98 Å². The van der Waals surface area contributed by atoms with Gasteiger partial charge in [-0.25, -0.2) is 9.98 Å². The Labute approximate surface area is 158 Å². The van der Waals surface area contributed by atoms with Gasteiger partial charge in [-0.3, -0.25) is 0 Å². The van der Waals surface area contributed by atoms with Gasteiger partial charge in [0.25, 0.3) is 0 Å². The zero-order chi connectivity index (χ0) is 15.9. The molecule has 0 aliphatic carbocycles. The molecule has 0 saturated carbocycles. The van der Waals surface area contributed by atoms with Gasteiger partial charge in [-0.1, -0.05) is 17.7 Å². The fourth-order valence-electron chi connectivity index (χ4n) is 2.02. The lowest BCUT2D eigenvalue weighted by atomic mass is 10.1. The molecule has 23 heavy (non-hydrogen) atoms. The van der Waals surface area contributed by atoms with Gasteiger partial charge in [0, 0.05) is 11.9 Å². The first-order valence-electron chi connectivity index (χ1n) is 6.93. The number of guanidine groups is 1. The number of pyridine rings is 1. The molecular weight excluding hydrogens is 427 g/mol. The number of ether oxygens (including phenoxy) is 1. The predicted octanol–water partition coefficient (Wildman–Crippen LogP) is 3.78. The molecule has 1 aromatic heterocycles. The summed E-state index contributed by atoms with van der Waals surface area (Å²) in [6.45, 7) is 4.84. The van der Waals surface area contributed by atoms with Crippen LogP contribution in [0.15, 0.2) is 41.5 Å². The number of aliphatic imine (C=N–C) groups is 1. The molecule has 0 amide bonds. The van der Waals surface area contributed by atoms with Gasteiger partial charge in [0.1, 0.15) is 11.6 Å².